The van der Waals surface area contributed by atoms with Crippen LogP contribution in [-0.2, 0) is 28.9 Å². The second kappa shape index (κ2) is 14.7. The van der Waals surface area contributed by atoms with E-state index in [0.717, 1.165) is 18.0 Å². The third-order valence-corrected chi connectivity index (χ3v) is 11.3. The average Bonchev–Trinajstić information content (AvgIpc) is 3.25. The summed E-state index contributed by atoms with van der Waals surface area (Å²) < 4.78 is 38.2. The second-order valence-electron chi connectivity index (χ2n) is 12.4. The smallest absolute Gasteiger partial charge is 0.407 e. The number of hydrogen-bond acceptors (Lipinski definition) is 10. The highest BCUT2D eigenvalue weighted by molar-refractivity contribution is 7.94. The lowest BCUT2D eigenvalue weighted by Gasteiger charge is -2.39. The number of carbonyl (C=O) groups excluding carboxylic acids is 3. The van der Waals surface area contributed by atoms with E-state index in [1.54, 1.807) is 66.7 Å². The molecule has 13 heteroatoms. The van der Waals surface area contributed by atoms with Crippen molar-refractivity contribution in [1.82, 2.24) is 25.0 Å². The van der Waals surface area contributed by atoms with Crippen molar-refractivity contribution in [1.29, 1.82) is 0 Å². The van der Waals surface area contributed by atoms with Crippen molar-refractivity contribution >= 4 is 33.9 Å². The van der Waals surface area contributed by atoms with Crippen LogP contribution in [0.25, 0.3) is 6.08 Å². The van der Waals surface area contributed by atoms with Crippen LogP contribution in [0.4, 0.5) is 4.79 Å². The van der Waals surface area contributed by atoms with Gasteiger partial charge in [0, 0.05) is 32.4 Å². The van der Waals surface area contributed by atoms with E-state index >= 15 is 0 Å². The van der Waals surface area contributed by atoms with E-state index in [1.807, 2.05) is 38.2 Å². The summed E-state index contributed by atoms with van der Waals surface area (Å²) in [5.74, 6) is -1.57. The highest BCUT2D eigenvalue weighted by Gasteiger charge is 2.73. The molecule has 0 spiro atoms. The average molecular weight is 676 g/mol. The Morgan fingerprint density at radius 2 is 1.58 bits per heavy atom. The van der Waals surface area contributed by atoms with Gasteiger partial charge in [0.2, 0.25) is 0 Å². The number of sulfone groups is 1. The van der Waals surface area contributed by atoms with Gasteiger partial charge in [0.05, 0.1) is 11.3 Å². The Balaban J connectivity index is 1.42. The summed E-state index contributed by atoms with van der Waals surface area (Å²) in [6.45, 7) is 3.07. The topological polar surface area (TPSA) is 138 Å². The zero-order valence-corrected chi connectivity index (χ0v) is 28.3. The lowest BCUT2D eigenvalue weighted by molar-refractivity contribution is -0.161. The third-order valence-electron chi connectivity index (χ3n) is 8.64. The summed E-state index contributed by atoms with van der Waals surface area (Å²) in [6, 6.07) is 21.5. The summed E-state index contributed by atoms with van der Waals surface area (Å²) in [6.07, 6.45) is 1.21. The largest absolute Gasteiger partial charge is 0.451 e. The zero-order valence-electron chi connectivity index (χ0n) is 27.5. The van der Waals surface area contributed by atoms with Gasteiger partial charge >= 0.3 is 12.1 Å². The van der Waals surface area contributed by atoms with Gasteiger partial charge in [0.15, 0.2) is 27.4 Å². The van der Waals surface area contributed by atoms with Gasteiger partial charge in [0.1, 0.15) is 11.4 Å². The van der Waals surface area contributed by atoms with Gasteiger partial charge in [-0.25, -0.2) is 18.0 Å². The van der Waals surface area contributed by atoms with Gasteiger partial charge in [-0.1, -0.05) is 66.7 Å². The molecular weight excluding hydrogens is 634 g/mol. The van der Waals surface area contributed by atoms with Crippen LogP contribution in [0.1, 0.15) is 29.8 Å². The van der Waals surface area contributed by atoms with Crippen molar-refractivity contribution in [3.8, 4) is 0 Å². The van der Waals surface area contributed by atoms with Crippen LogP contribution in [0, 0.1) is 0 Å². The Morgan fingerprint density at radius 1 is 0.958 bits per heavy atom. The first-order valence-corrected chi connectivity index (χ1v) is 17.2. The van der Waals surface area contributed by atoms with Crippen LogP contribution in [0.5, 0.6) is 0 Å². The maximum atomic E-state index is 14.3. The number of hydrogen-bond donors (Lipinski definition) is 1. The Kier molecular flexibility index (Phi) is 10.6. The summed E-state index contributed by atoms with van der Waals surface area (Å²) in [7, 11) is 1.53. The van der Waals surface area contributed by atoms with Gasteiger partial charge in [-0.3, -0.25) is 9.78 Å². The lowest BCUT2D eigenvalue weighted by atomic mass is 9.94. The number of carbonyl (C=O) groups is 3. The number of nitrogens with one attached hydrogen (secondary N) is 1. The molecule has 2 amide bonds. The SMILES string of the molecule is CN(C)CCN(C)CCNC(=O)OCC1(C)[C@H](C(=O)OC(c2ccccc2)c2ccccc2)N2C(=O)/C(=C/c3ccccn3)C2S1(=O)=O. The third kappa shape index (κ3) is 7.13. The van der Waals surface area contributed by atoms with Crippen molar-refractivity contribution in [2.45, 2.75) is 29.2 Å². The van der Waals surface area contributed by atoms with E-state index in [0.29, 0.717) is 23.4 Å². The molecule has 2 fully saturated rings. The Bertz CT molecular complexity index is 1700. The van der Waals surface area contributed by atoms with E-state index in [4.69, 9.17) is 9.47 Å². The molecule has 2 aliphatic rings. The van der Waals surface area contributed by atoms with E-state index < -0.39 is 56.7 Å². The number of aromatic nitrogens is 1. The fraction of sp³-hybridized carbons (Fsp3) is 0.371. The summed E-state index contributed by atoms with van der Waals surface area (Å²) in [5.41, 5.74) is 1.69. The van der Waals surface area contributed by atoms with Crippen LogP contribution in [-0.4, -0.2) is 116 Å². The number of ether oxygens (including phenoxy) is 2. The number of likely N-dealkylation sites (N-methyl/N-ethyl adjacent to an activating group) is 2. The number of esters is 1. The molecule has 1 aromatic heterocycles. The number of benzene rings is 2. The predicted molar refractivity (Wildman–Crippen MR) is 180 cm³/mol. The molecule has 2 aliphatic heterocycles. The number of pyridine rings is 1. The highest BCUT2D eigenvalue weighted by Crippen LogP contribution is 2.50. The number of nitrogens with zero attached hydrogens (tertiary/aromatic N) is 4. The fourth-order valence-electron chi connectivity index (χ4n) is 5.85. The molecule has 48 heavy (non-hydrogen) atoms. The Morgan fingerprint density at radius 3 is 2.17 bits per heavy atom. The monoisotopic (exact) mass is 675 g/mol. The first-order valence-electron chi connectivity index (χ1n) is 15.7. The minimum atomic E-state index is -4.34. The second-order valence-corrected chi connectivity index (χ2v) is 14.9. The van der Waals surface area contributed by atoms with Crippen molar-refractivity contribution < 1.29 is 32.3 Å². The van der Waals surface area contributed by atoms with E-state index in [2.05, 4.69) is 15.2 Å². The maximum Gasteiger partial charge on any atom is 0.407 e. The quantitative estimate of drug-likeness (QED) is 0.164. The molecule has 5 rings (SSSR count). The Hall–Kier alpha value is -4.59. The molecule has 0 bridgehead atoms. The van der Waals surface area contributed by atoms with Crippen molar-refractivity contribution in [2.75, 3.05) is 53.9 Å². The van der Waals surface area contributed by atoms with Crippen molar-refractivity contribution in [3.63, 3.8) is 0 Å². The number of β-lactam (4-membered cyclic amide) rings is 1. The number of rotatable bonds is 13. The molecule has 12 nitrogen and oxygen atoms in total. The maximum absolute atomic E-state index is 14.3. The number of alkyl carbamates (subject to hydrolysis) is 1. The predicted octanol–water partition coefficient (Wildman–Crippen LogP) is 2.74. The minimum absolute atomic E-state index is 0.0249. The first kappa shape index (κ1) is 34.7. The molecule has 3 atom stereocenters. The van der Waals surface area contributed by atoms with Gasteiger partial charge in [-0.2, -0.15) is 0 Å². The van der Waals surface area contributed by atoms with E-state index in [-0.39, 0.29) is 12.1 Å². The standard InChI is InChI=1S/C35H41N5O7S/c1-35(24-46-34(43)37-19-20-39(4)22-21-38(2)3)30(33(42)47-29(25-13-7-5-8-14-25)26-15-9-6-10-16-26)40-31(41)28(32(40)48(35,44)45)23-27-17-11-12-18-36-27/h5-18,23,29-30,32H,19-22,24H2,1-4H3,(H,37,43)/b28-23-/t30-,32?,35?/m0/s1. The minimum Gasteiger partial charge on any atom is -0.451 e. The van der Waals surface area contributed by atoms with Gasteiger partial charge in [-0.15, -0.1) is 0 Å². The molecule has 3 aromatic rings. The lowest BCUT2D eigenvalue weighted by Crippen LogP contribution is -2.60. The van der Waals surface area contributed by atoms with E-state index in [9.17, 15) is 22.8 Å². The van der Waals surface area contributed by atoms with Crippen LogP contribution < -0.4 is 5.32 Å². The molecule has 2 saturated heterocycles. The van der Waals surface area contributed by atoms with Gasteiger partial charge < -0.3 is 29.5 Å². The molecule has 1 N–H and O–H groups in total. The van der Waals surface area contributed by atoms with Gasteiger partial charge in [0.25, 0.3) is 5.91 Å². The molecule has 2 unspecified atom stereocenters. The highest BCUT2D eigenvalue weighted by atomic mass is 32.2. The van der Waals surface area contributed by atoms with Crippen molar-refractivity contribution in [3.05, 3.63) is 107 Å². The van der Waals surface area contributed by atoms with E-state index in [1.165, 1.54) is 19.2 Å². The molecular formula is C35H41N5O7S. The van der Waals surface area contributed by atoms with Crippen LogP contribution in [0.2, 0.25) is 0 Å². The zero-order chi connectivity index (χ0) is 34.5. The van der Waals surface area contributed by atoms with Crippen LogP contribution in [0.15, 0.2) is 90.6 Å². The summed E-state index contributed by atoms with van der Waals surface area (Å²) >= 11 is 0. The molecule has 3 heterocycles. The number of fused-ring (bicyclic) bond motifs is 1. The first-order chi connectivity index (χ1) is 22.9. The molecule has 254 valence electrons. The van der Waals surface area contributed by atoms with Gasteiger partial charge in [-0.05, 0) is 57.4 Å². The number of amides is 2. The van der Waals surface area contributed by atoms with Crippen LogP contribution >= 0.6 is 0 Å². The molecule has 0 aliphatic carbocycles. The van der Waals surface area contributed by atoms with Crippen molar-refractivity contribution in [2.24, 2.45) is 0 Å². The fourth-order valence-corrected chi connectivity index (χ4v) is 8.13. The van der Waals surface area contributed by atoms with Crippen LogP contribution in [0.3, 0.4) is 0 Å². The molecule has 0 radical (unpaired) electrons. The Labute approximate surface area is 281 Å². The molecule has 2 aromatic carbocycles. The normalized spacial score (nSPS) is 22.1. The molecule has 0 saturated carbocycles. The summed E-state index contributed by atoms with van der Waals surface area (Å²) in [5, 5.41) is 1.20. The summed E-state index contributed by atoms with van der Waals surface area (Å²) in [4.78, 5) is 50.0.